The lowest BCUT2D eigenvalue weighted by atomic mass is 9.95. The van der Waals surface area contributed by atoms with Gasteiger partial charge in [0, 0.05) is 24.2 Å². The smallest absolute Gasteiger partial charge is 0.295 e. The molecule has 0 bridgehead atoms. The maximum absolute atomic E-state index is 12.8. The zero-order valence-electron chi connectivity index (χ0n) is 16.3. The predicted molar refractivity (Wildman–Crippen MR) is 108 cm³/mol. The van der Waals surface area contributed by atoms with Crippen LogP contribution in [0, 0.1) is 10.1 Å². The van der Waals surface area contributed by atoms with Gasteiger partial charge in [-0.05, 0) is 29.8 Å². The molecule has 10 nitrogen and oxygen atoms in total. The lowest BCUT2D eigenvalue weighted by Gasteiger charge is -2.25. The molecule has 2 aromatic carbocycles. The monoisotopic (exact) mass is 428 g/mol. The Hall–Kier alpha value is -3.76. The van der Waals surface area contributed by atoms with E-state index in [9.17, 15) is 29.9 Å². The van der Waals surface area contributed by atoms with Gasteiger partial charge in [0.15, 0.2) is 0 Å². The lowest BCUT2D eigenvalue weighted by Crippen LogP contribution is -2.33. The molecule has 2 aromatic rings. The maximum Gasteiger partial charge on any atom is 0.295 e. The van der Waals surface area contributed by atoms with E-state index in [4.69, 9.17) is 9.84 Å². The minimum atomic E-state index is -0.950. The summed E-state index contributed by atoms with van der Waals surface area (Å²) in [4.78, 5) is 37.0. The van der Waals surface area contributed by atoms with Crippen LogP contribution in [0.3, 0.4) is 0 Å². The molecule has 31 heavy (non-hydrogen) atoms. The van der Waals surface area contributed by atoms with Crippen molar-refractivity contribution in [3.63, 3.8) is 0 Å². The van der Waals surface area contributed by atoms with Crippen LogP contribution in [0.4, 0.5) is 5.69 Å². The number of rotatable bonds is 8. The molecule has 0 radical (unpaired) electrons. The van der Waals surface area contributed by atoms with Crippen LogP contribution in [0.1, 0.15) is 17.2 Å². The van der Waals surface area contributed by atoms with Crippen molar-refractivity contribution < 1.29 is 34.6 Å². The summed E-state index contributed by atoms with van der Waals surface area (Å²) in [7, 11) is 0. The van der Waals surface area contributed by atoms with Crippen molar-refractivity contribution in [3.8, 4) is 5.75 Å². The van der Waals surface area contributed by atoms with Crippen LogP contribution in [-0.4, -0.2) is 63.2 Å². The molecule has 0 spiro atoms. The summed E-state index contributed by atoms with van der Waals surface area (Å²) in [5, 5.41) is 40.1. The van der Waals surface area contributed by atoms with E-state index in [0.29, 0.717) is 5.56 Å². The Morgan fingerprint density at radius 3 is 2.29 bits per heavy atom. The number of amides is 1. The topological polar surface area (TPSA) is 150 Å². The number of aromatic hydroxyl groups is 1. The quantitative estimate of drug-likeness (QED) is 0.144. The van der Waals surface area contributed by atoms with E-state index in [-0.39, 0.29) is 48.9 Å². The Bertz CT molecular complexity index is 1010. The number of hydrogen-bond donors (Lipinski definition) is 3. The number of phenols is 1. The molecule has 1 aliphatic rings. The number of Topliss-reactive ketones (excluding diaryl/α,β-unsaturated/α-hetero) is 1. The second-order valence-electron chi connectivity index (χ2n) is 6.72. The van der Waals surface area contributed by atoms with Gasteiger partial charge in [-0.3, -0.25) is 19.7 Å². The molecule has 3 N–H and O–H groups in total. The van der Waals surface area contributed by atoms with Crippen LogP contribution in [0.2, 0.25) is 0 Å². The summed E-state index contributed by atoms with van der Waals surface area (Å²) in [5.41, 5.74) is 0.256. The van der Waals surface area contributed by atoms with Gasteiger partial charge in [-0.15, -0.1) is 0 Å². The number of phenolic OH excluding ortho intramolecular Hbond substituents is 1. The number of aliphatic hydroxyl groups excluding tert-OH is 2. The second-order valence-corrected chi connectivity index (χ2v) is 6.72. The number of ether oxygens (including phenoxy) is 1. The number of nitro groups is 1. The highest BCUT2D eigenvalue weighted by Gasteiger charge is 2.45. The summed E-state index contributed by atoms with van der Waals surface area (Å²) in [6.07, 6.45) is 0. The lowest BCUT2D eigenvalue weighted by molar-refractivity contribution is -0.384. The molecule has 0 aliphatic carbocycles. The third-order valence-corrected chi connectivity index (χ3v) is 4.81. The van der Waals surface area contributed by atoms with Crippen LogP contribution in [0.15, 0.2) is 54.1 Å². The highest BCUT2D eigenvalue weighted by Crippen LogP contribution is 2.39. The summed E-state index contributed by atoms with van der Waals surface area (Å²) in [5.74, 6) is -2.22. The van der Waals surface area contributed by atoms with Crippen molar-refractivity contribution >= 4 is 23.1 Å². The number of non-ortho nitro benzene ring substituents is 1. The van der Waals surface area contributed by atoms with Gasteiger partial charge in [0.05, 0.1) is 36.4 Å². The Morgan fingerprint density at radius 2 is 1.71 bits per heavy atom. The van der Waals surface area contributed by atoms with E-state index in [0.717, 1.165) is 0 Å². The van der Waals surface area contributed by atoms with Crippen molar-refractivity contribution in [2.24, 2.45) is 0 Å². The number of ketones is 1. The summed E-state index contributed by atoms with van der Waals surface area (Å²) in [6, 6.07) is 9.83. The van der Waals surface area contributed by atoms with E-state index in [2.05, 4.69) is 0 Å². The van der Waals surface area contributed by atoms with E-state index < -0.39 is 28.4 Å². The third kappa shape index (κ3) is 4.55. The van der Waals surface area contributed by atoms with Gasteiger partial charge >= 0.3 is 0 Å². The molecule has 1 unspecified atom stereocenters. The molecule has 0 saturated carbocycles. The molecule has 10 heteroatoms. The van der Waals surface area contributed by atoms with E-state index in [1.807, 2.05) is 0 Å². The van der Waals surface area contributed by atoms with Crippen LogP contribution in [-0.2, 0) is 14.3 Å². The normalized spacial score (nSPS) is 17.8. The van der Waals surface area contributed by atoms with Gasteiger partial charge < -0.3 is 25.0 Å². The van der Waals surface area contributed by atoms with Crippen molar-refractivity contribution in [1.82, 2.24) is 4.90 Å². The number of carbonyl (C=O) groups excluding carboxylic acids is 2. The second kappa shape index (κ2) is 9.37. The summed E-state index contributed by atoms with van der Waals surface area (Å²) in [6.45, 7) is -0.0517. The Kier molecular flexibility index (Phi) is 6.63. The molecule has 1 heterocycles. The molecule has 3 rings (SSSR count). The van der Waals surface area contributed by atoms with Gasteiger partial charge in [-0.25, -0.2) is 0 Å². The van der Waals surface area contributed by atoms with Crippen molar-refractivity contribution in [1.29, 1.82) is 0 Å². The standard InChI is InChI=1S/C21H20N2O8/c24-10-12-31-11-9-22-18(13-3-7-16(25)8-4-13)17(20(27)21(22)28)19(26)14-1-5-15(6-2-14)23(29)30/h1-8,18,24-26H,9-12H2/b19-17+. The van der Waals surface area contributed by atoms with Crippen LogP contribution in [0.5, 0.6) is 5.75 Å². The fourth-order valence-electron chi connectivity index (χ4n) is 3.34. The first-order valence-electron chi connectivity index (χ1n) is 9.36. The highest BCUT2D eigenvalue weighted by atomic mass is 16.6. The number of benzene rings is 2. The summed E-state index contributed by atoms with van der Waals surface area (Å²) >= 11 is 0. The molecule has 1 saturated heterocycles. The number of hydrogen-bond acceptors (Lipinski definition) is 8. The fourth-order valence-corrected chi connectivity index (χ4v) is 3.34. The number of likely N-dealkylation sites (tertiary alicyclic amines) is 1. The SMILES string of the molecule is O=C1C(=O)N(CCOCCO)C(c2ccc(O)cc2)/C1=C(\O)c1ccc([N+](=O)[O-])cc1. The molecule has 1 aliphatic heterocycles. The number of carbonyl (C=O) groups is 2. The average molecular weight is 428 g/mol. The number of nitro benzene ring substituents is 1. The molecule has 1 amide bonds. The van der Waals surface area contributed by atoms with Gasteiger partial charge in [0.1, 0.15) is 11.5 Å². The predicted octanol–water partition coefficient (Wildman–Crippen LogP) is 1.73. The van der Waals surface area contributed by atoms with Crippen molar-refractivity contribution in [2.75, 3.05) is 26.4 Å². The highest BCUT2D eigenvalue weighted by molar-refractivity contribution is 6.46. The van der Waals surface area contributed by atoms with E-state index in [1.165, 1.54) is 53.4 Å². The Balaban J connectivity index is 2.05. The van der Waals surface area contributed by atoms with Gasteiger partial charge in [0.25, 0.3) is 17.4 Å². The number of nitrogens with zero attached hydrogens (tertiary/aromatic N) is 2. The maximum atomic E-state index is 12.8. The largest absolute Gasteiger partial charge is 0.508 e. The van der Waals surface area contributed by atoms with Gasteiger partial charge in [-0.1, -0.05) is 12.1 Å². The molecule has 1 atom stereocenters. The van der Waals surface area contributed by atoms with Crippen LogP contribution < -0.4 is 0 Å². The molecule has 1 fully saturated rings. The minimum absolute atomic E-state index is 0.0117. The molecular formula is C21H20N2O8. The molecule has 0 aromatic heterocycles. The van der Waals surface area contributed by atoms with Crippen molar-refractivity contribution in [3.05, 3.63) is 75.3 Å². The Morgan fingerprint density at radius 1 is 1.06 bits per heavy atom. The molecule has 162 valence electrons. The van der Waals surface area contributed by atoms with Crippen molar-refractivity contribution in [2.45, 2.75) is 6.04 Å². The molecular weight excluding hydrogens is 408 g/mol. The van der Waals surface area contributed by atoms with E-state index >= 15 is 0 Å². The minimum Gasteiger partial charge on any atom is -0.508 e. The average Bonchev–Trinajstić information content (AvgIpc) is 3.01. The van der Waals surface area contributed by atoms with E-state index in [1.54, 1.807) is 0 Å². The Labute approximate surface area is 176 Å². The number of aliphatic hydroxyl groups is 2. The van der Waals surface area contributed by atoms with Gasteiger partial charge in [-0.2, -0.15) is 0 Å². The first-order valence-corrected chi connectivity index (χ1v) is 9.36. The van der Waals surface area contributed by atoms with Crippen LogP contribution in [0.25, 0.3) is 5.76 Å². The zero-order chi connectivity index (χ0) is 22.5. The van der Waals surface area contributed by atoms with Gasteiger partial charge in [0.2, 0.25) is 0 Å². The first kappa shape index (κ1) is 21.9. The van der Waals surface area contributed by atoms with Crippen LogP contribution >= 0.6 is 0 Å². The fraction of sp³-hybridized carbons (Fsp3) is 0.238. The zero-order valence-corrected chi connectivity index (χ0v) is 16.3. The third-order valence-electron chi connectivity index (χ3n) is 4.81. The summed E-state index contributed by atoms with van der Waals surface area (Å²) < 4.78 is 5.21. The first-order chi connectivity index (χ1) is 14.8.